The van der Waals surface area contributed by atoms with Crippen LogP contribution in [-0.4, -0.2) is 24.8 Å². The van der Waals surface area contributed by atoms with Gasteiger partial charge in [0.05, 0.1) is 0 Å². The Morgan fingerprint density at radius 1 is 1.17 bits per heavy atom. The lowest BCUT2D eigenvalue weighted by molar-refractivity contribution is 0.155. The molecule has 0 radical (unpaired) electrons. The van der Waals surface area contributed by atoms with E-state index in [1.54, 1.807) is 0 Å². The summed E-state index contributed by atoms with van der Waals surface area (Å²) in [6, 6.07) is 8.43. The molecule has 0 amide bonds. The van der Waals surface area contributed by atoms with Crippen LogP contribution in [0, 0.1) is 5.41 Å². The molecule has 0 aliphatic carbocycles. The van der Waals surface area contributed by atoms with Gasteiger partial charge in [-0.3, -0.25) is 0 Å². The van der Waals surface area contributed by atoms with Crippen LogP contribution < -0.4 is 5.32 Å². The van der Waals surface area contributed by atoms with Gasteiger partial charge in [-0.15, -0.1) is 0 Å². The van der Waals surface area contributed by atoms with Gasteiger partial charge in [0, 0.05) is 35.0 Å². The van der Waals surface area contributed by atoms with Gasteiger partial charge in [0.2, 0.25) is 0 Å². The quantitative estimate of drug-likeness (QED) is 0.844. The van der Waals surface area contributed by atoms with Crippen molar-refractivity contribution in [1.29, 1.82) is 0 Å². The van der Waals surface area contributed by atoms with E-state index in [-0.39, 0.29) is 17.4 Å². The molecule has 0 unspecified atom stereocenters. The van der Waals surface area contributed by atoms with Crippen LogP contribution in [0.4, 0.5) is 0 Å². The summed E-state index contributed by atoms with van der Waals surface area (Å²) in [7, 11) is 0. The fourth-order valence-corrected chi connectivity index (χ4v) is 2.18. The molecule has 0 atom stereocenters. The Morgan fingerprint density at radius 2 is 1.83 bits per heavy atom. The maximum atomic E-state index is 9.23. The zero-order valence-electron chi connectivity index (χ0n) is 11.8. The number of hydrogen-bond acceptors (Lipinski definition) is 2. The highest BCUT2D eigenvalue weighted by Crippen LogP contribution is 2.25. The van der Waals surface area contributed by atoms with Gasteiger partial charge >= 0.3 is 0 Å². The molecule has 2 nitrogen and oxygen atoms in total. The monoisotopic (exact) mass is 313 g/mol. The smallest absolute Gasteiger partial charge is 0.0494 e. The van der Waals surface area contributed by atoms with E-state index in [2.05, 4.69) is 67.1 Å². The van der Waals surface area contributed by atoms with Crippen LogP contribution >= 0.6 is 15.9 Å². The first-order chi connectivity index (χ1) is 8.27. The van der Waals surface area contributed by atoms with Crippen LogP contribution in [0.5, 0.6) is 0 Å². The molecule has 0 spiro atoms. The number of aliphatic hydroxyl groups is 1. The average Bonchev–Trinajstić information content (AvgIpc) is 2.28. The second-order valence-electron chi connectivity index (χ2n) is 6.32. The minimum absolute atomic E-state index is 0.0622. The van der Waals surface area contributed by atoms with E-state index in [0.717, 1.165) is 17.6 Å². The fourth-order valence-electron chi connectivity index (χ4n) is 1.78. The number of nitrogens with one attached hydrogen (secondary N) is 1. The summed E-state index contributed by atoms with van der Waals surface area (Å²) in [5, 5.41) is 12.7. The van der Waals surface area contributed by atoms with Gasteiger partial charge in [0.25, 0.3) is 0 Å². The number of hydrogen-bond donors (Lipinski definition) is 2. The van der Waals surface area contributed by atoms with Crippen LogP contribution in [0.2, 0.25) is 0 Å². The van der Waals surface area contributed by atoms with Crippen molar-refractivity contribution in [3.8, 4) is 0 Å². The molecule has 0 aromatic heterocycles. The van der Waals surface area contributed by atoms with E-state index in [1.165, 1.54) is 5.56 Å². The molecule has 1 rings (SSSR count). The summed E-state index contributed by atoms with van der Waals surface area (Å²) in [6.45, 7) is 10.5. The minimum Gasteiger partial charge on any atom is -0.396 e. The van der Waals surface area contributed by atoms with E-state index in [4.69, 9.17) is 0 Å². The van der Waals surface area contributed by atoms with Gasteiger partial charge in [-0.2, -0.15) is 0 Å². The summed E-state index contributed by atoms with van der Waals surface area (Å²) in [6.07, 6.45) is 0. The van der Waals surface area contributed by atoms with Crippen LogP contribution in [-0.2, 0) is 5.41 Å². The zero-order valence-corrected chi connectivity index (χ0v) is 13.3. The number of benzene rings is 1. The summed E-state index contributed by atoms with van der Waals surface area (Å²) < 4.78 is 1.11. The fraction of sp³-hybridized carbons (Fsp3) is 0.600. The molecule has 0 aliphatic heterocycles. The molecule has 2 N–H and O–H groups in total. The van der Waals surface area contributed by atoms with E-state index >= 15 is 0 Å². The summed E-state index contributed by atoms with van der Waals surface area (Å²) in [5.41, 5.74) is 1.33. The molecule has 18 heavy (non-hydrogen) atoms. The van der Waals surface area contributed by atoms with Crippen molar-refractivity contribution in [3.05, 3.63) is 34.3 Å². The highest BCUT2D eigenvalue weighted by Gasteiger charge is 2.22. The Morgan fingerprint density at radius 3 is 2.39 bits per heavy atom. The summed E-state index contributed by atoms with van der Waals surface area (Å²) >= 11 is 3.51. The van der Waals surface area contributed by atoms with Gasteiger partial charge < -0.3 is 10.4 Å². The Kier molecular flexibility index (Phi) is 5.38. The number of rotatable bonds is 6. The summed E-state index contributed by atoms with van der Waals surface area (Å²) in [4.78, 5) is 0. The van der Waals surface area contributed by atoms with Crippen LogP contribution in [0.25, 0.3) is 0 Å². The van der Waals surface area contributed by atoms with Gasteiger partial charge in [0.15, 0.2) is 0 Å². The predicted molar refractivity (Wildman–Crippen MR) is 80.9 cm³/mol. The van der Waals surface area contributed by atoms with E-state index in [0.29, 0.717) is 0 Å². The SMILES string of the molecule is CC(C)(CO)CNCC(C)(C)c1cccc(Br)c1. The molecule has 1 aromatic rings. The van der Waals surface area contributed by atoms with Crippen molar-refractivity contribution in [3.63, 3.8) is 0 Å². The zero-order chi connectivity index (χ0) is 13.8. The molecule has 102 valence electrons. The molecule has 3 heteroatoms. The molecule has 1 aromatic carbocycles. The molecule has 0 aliphatic rings. The first-order valence-electron chi connectivity index (χ1n) is 6.34. The molecule has 0 heterocycles. The lowest BCUT2D eigenvalue weighted by Gasteiger charge is -2.29. The Hall–Kier alpha value is -0.380. The Balaban J connectivity index is 2.60. The van der Waals surface area contributed by atoms with Gasteiger partial charge in [0.1, 0.15) is 0 Å². The van der Waals surface area contributed by atoms with Crippen molar-refractivity contribution < 1.29 is 5.11 Å². The molecular weight excluding hydrogens is 290 g/mol. The topological polar surface area (TPSA) is 32.3 Å². The Labute approximate surface area is 119 Å². The highest BCUT2D eigenvalue weighted by molar-refractivity contribution is 9.10. The molecule has 0 bridgehead atoms. The van der Waals surface area contributed by atoms with Gasteiger partial charge in [-0.1, -0.05) is 55.8 Å². The minimum atomic E-state index is -0.0622. The van der Waals surface area contributed by atoms with Crippen LogP contribution in [0.3, 0.4) is 0 Å². The first-order valence-corrected chi connectivity index (χ1v) is 7.14. The third-order valence-corrected chi connectivity index (χ3v) is 3.70. The maximum absolute atomic E-state index is 9.23. The molecule has 0 fully saturated rings. The second-order valence-corrected chi connectivity index (χ2v) is 7.24. The van der Waals surface area contributed by atoms with E-state index in [1.807, 2.05) is 6.07 Å². The van der Waals surface area contributed by atoms with Crippen molar-refractivity contribution >= 4 is 15.9 Å². The normalized spacial score (nSPS) is 12.8. The lowest BCUT2D eigenvalue weighted by Crippen LogP contribution is -2.39. The maximum Gasteiger partial charge on any atom is 0.0494 e. The largest absolute Gasteiger partial charge is 0.396 e. The second kappa shape index (κ2) is 6.18. The van der Waals surface area contributed by atoms with Crippen molar-refractivity contribution in [1.82, 2.24) is 5.32 Å². The number of halogens is 1. The average molecular weight is 314 g/mol. The third kappa shape index (κ3) is 4.71. The van der Waals surface area contributed by atoms with Crippen LogP contribution in [0.1, 0.15) is 33.3 Å². The predicted octanol–water partition coefficient (Wildman–Crippen LogP) is 3.33. The molecule has 0 saturated carbocycles. The number of aliphatic hydroxyl groups excluding tert-OH is 1. The van der Waals surface area contributed by atoms with E-state index in [9.17, 15) is 5.11 Å². The molecule has 0 saturated heterocycles. The lowest BCUT2D eigenvalue weighted by atomic mass is 9.84. The van der Waals surface area contributed by atoms with Crippen molar-refractivity contribution in [2.45, 2.75) is 33.1 Å². The van der Waals surface area contributed by atoms with Crippen molar-refractivity contribution in [2.24, 2.45) is 5.41 Å². The van der Waals surface area contributed by atoms with Crippen LogP contribution in [0.15, 0.2) is 28.7 Å². The third-order valence-electron chi connectivity index (χ3n) is 3.20. The van der Waals surface area contributed by atoms with Crippen molar-refractivity contribution in [2.75, 3.05) is 19.7 Å². The van der Waals surface area contributed by atoms with Gasteiger partial charge in [-0.25, -0.2) is 0 Å². The molecular formula is C15H24BrNO. The first kappa shape index (κ1) is 15.7. The Bertz CT molecular complexity index is 388. The standard InChI is InChI=1S/C15H24BrNO/c1-14(2,11-18)9-17-10-15(3,4)12-6-5-7-13(16)8-12/h5-8,17-18H,9-11H2,1-4H3. The highest BCUT2D eigenvalue weighted by atomic mass is 79.9. The van der Waals surface area contributed by atoms with Gasteiger partial charge in [-0.05, 0) is 17.7 Å². The van der Waals surface area contributed by atoms with E-state index < -0.39 is 0 Å². The summed E-state index contributed by atoms with van der Waals surface area (Å²) in [5.74, 6) is 0.